The Bertz CT molecular complexity index is 374. The SMILES string of the molecule is FC(F)c1cc(Cl)c(OC(F)(F)F)c(Br)n1. The molecule has 0 radical (unpaired) electrons. The van der Waals surface area contributed by atoms with E-state index in [0.29, 0.717) is 6.07 Å². The molecule has 0 saturated carbocycles. The minimum atomic E-state index is -4.97. The Morgan fingerprint density at radius 1 is 1.38 bits per heavy atom. The van der Waals surface area contributed by atoms with E-state index < -0.39 is 33.9 Å². The summed E-state index contributed by atoms with van der Waals surface area (Å²) >= 11 is 7.92. The molecule has 1 rings (SSSR count). The highest BCUT2D eigenvalue weighted by Gasteiger charge is 2.33. The number of rotatable bonds is 2. The summed E-state index contributed by atoms with van der Waals surface area (Å²) in [5, 5.41) is -0.602. The van der Waals surface area contributed by atoms with Crippen LogP contribution < -0.4 is 4.74 Å². The molecule has 0 aliphatic carbocycles. The van der Waals surface area contributed by atoms with Gasteiger partial charge in [-0.15, -0.1) is 13.2 Å². The minimum absolute atomic E-state index is 0.535. The summed E-state index contributed by atoms with van der Waals surface area (Å²) < 4.78 is 63.0. The van der Waals surface area contributed by atoms with Crippen molar-refractivity contribution in [2.75, 3.05) is 0 Å². The highest BCUT2D eigenvalue weighted by Crippen LogP contribution is 2.37. The number of hydrogen-bond acceptors (Lipinski definition) is 2. The molecule has 0 aliphatic rings. The van der Waals surface area contributed by atoms with Crippen molar-refractivity contribution in [3.05, 3.63) is 21.4 Å². The topological polar surface area (TPSA) is 22.1 Å². The second-order valence-corrected chi connectivity index (χ2v) is 3.66. The first-order valence-corrected chi connectivity index (χ1v) is 4.77. The van der Waals surface area contributed by atoms with Crippen LogP contribution in [0.25, 0.3) is 0 Å². The lowest BCUT2D eigenvalue weighted by atomic mass is 10.3. The number of hydrogen-bond donors (Lipinski definition) is 0. The van der Waals surface area contributed by atoms with Gasteiger partial charge < -0.3 is 4.74 Å². The van der Waals surface area contributed by atoms with E-state index in [0.717, 1.165) is 0 Å². The first-order valence-electron chi connectivity index (χ1n) is 3.60. The maximum Gasteiger partial charge on any atom is 0.573 e. The summed E-state index contributed by atoms with van der Waals surface area (Å²) in [6, 6.07) is 0.609. The van der Waals surface area contributed by atoms with Crippen LogP contribution in [0, 0.1) is 0 Å². The third kappa shape index (κ3) is 3.44. The normalized spacial score (nSPS) is 12.0. The molecule has 16 heavy (non-hydrogen) atoms. The van der Waals surface area contributed by atoms with Crippen molar-refractivity contribution in [1.29, 1.82) is 0 Å². The molecule has 9 heteroatoms. The van der Waals surface area contributed by atoms with Crippen LogP contribution in [-0.2, 0) is 0 Å². The van der Waals surface area contributed by atoms with Crippen LogP contribution in [0.5, 0.6) is 5.75 Å². The molecule has 0 bridgehead atoms. The quantitative estimate of drug-likeness (QED) is 0.596. The van der Waals surface area contributed by atoms with Gasteiger partial charge in [0.1, 0.15) is 10.3 Å². The molecule has 0 saturated heterocycles. The molecule has 0 aromatic carbocycles. The van der Waals surface area contributed by atoms with Crippen LogP contribution in [0.3, 0.4) is 0 Å². The Morgan fingerprint density at radius 3 is 2.31 bits per heavy atom. The maximum atomic E-state index is 12.2. The van der Waals surface area contributed by atoms with Crippen molar-refractivity contribution in [1.82, 2.24) is 4.98 Å². The molecule has 2 nitrogen and oxygen atoms in total. The summed E-state index contributed by atoms with van der Waals surface area (Å²) in [6.07, 6.45) is -7.91. The molecular formula is C7H2BrClF5NO. The minimum Gasteiger partial charge on any atom is -0.401 e. The highest BCUT2D eigenvalue weighted by molar-refractivity contribution is 9.10. The fraction of sp³-hybridized carbons (Fsp3) is 0.286. The van der Waals surface area contributed by atoms with Crippen molar-refractivity contribution in [2.24, 2.45) is 0 Å². The van der Waals surface area contributed by atoms with Crippen LogP contribution in [0.4, 0.5) is 22.0 Å². The predicted molar refractivity (Wildman–Crippen MR) is 48.6 cm³/mol. The van der Waals surface area contributed by atoms with E-state index in [2.05, 4.69) is 25.7 Å². The lowest BCUT2D eigenvalue weighted by Crippen LogP contribution is -2.18. The van der Waals surface area contributed by atoms with Crippen LogP contribution in [0.15, 0.2) is 10.7 Å². The number of alkyl halides is 5. The standard InChI is InChI=1S/C7H2BrClF5NO/c8-5-4(16-7(12,13)14)2(9)1-3(15-5)6(10)11/h1,6H. The summed E-state index contributed by atoms with van der Waals surface area (Å²) in [7, 11) is 0. The monoisotopic (exact) mass is 325 g/mol. The number of nitrogens with zero attached hydrogens (tertiary/aromatic N) is 1. The summed E-state index contributed by atoms with van der Waals surface area (Å²) in [5.41, 5.74) is -0.744. The molecule has 90 valence electrons. The Kier molecular flexibility index (Phi) is 3.95. The lowest BCUT2D eigenvalue weighted by molar-refractivity contribution is -0.275. The molecule has 0 spiro atoms. The molecule has 0 fully saturated rings. The van der Waals surface area contributed by atoms with Gasteiger partial charge in [-0.05, 0) is 22.0 Å². The third-order valence-corrected chi connectivity index (χ3v) is 2.17. The van der Waals surface area contributed by atoms with Gasteiger partial charge in [-0.1, -0.05) is 11.6 Å². The highest BCUT2D eigenvalue weighted by atomic mass is 79.9. The molecule has 1 heterocycles. The first-order chi connectivity index (χ1) is 7.20. The number of halogens is 7. The van der Waals surface area contributed by atoms with E-state index in [1.54, 1.807) is 0 Å². The fourth-order valence-corrected chi connectivity index (χ4v) is 1.66. The van der Waals surface area contributed by atoms with Gasteiger partial charge in [0.25, 0.3) is 6.43 Å². The smallest absolute Gasteiger partial charge is 0.401 e. The first kappa shape index (κ1) is 13.4. The molecule has 1 aromatic rings. The Balaban J connectivity index is 3.13. The van der Waals surface area contributed by atoms with E-state index in [1.165, 1.54) is 0 Å². The lowest BCUT2D eigenvalue weighted by Gasteiger charge is -2.12. The maximum absolute atomic E-state index is 12.2. The molecule has 1 aromatic heterocycles. The number of pyridine rings is 1. The largest absolute Gasteiger partial charge is 0.573 e. The van der Waals surface area contributed by atoms with E-state index in [-0.39, 0.29) is 0 Å². The molecule has 0 amide bonds. The molecule has 0 N–H and O–H groups in total. The van der Waals surface area contributed by atoms with Gasteiger partial charge in [-0.3, -0.25) is 0 Å². The molecule has 0 unspecified atom stereocenters. The van der Waals surface area contributed by atoms with Crippen molar-refractivity contribution in [3.8, 4) is 5.75 Å². The van der Waals surface area contributed by atoms with Crippen molar-refractivity contribution >= 4 is 27.5 Å². The van der Waals surface area contributed by atoms with Gasteiger partial charge >= 0.3 is 6.36 Å². The Labute approximate surface area is 99.5 Å². The summed E-state index contributed by atoms with van der Waals surface area (Å²) in [4.78, 5) is 3.17. The van der Waals surface area contributed by atoms with Gasteiger partial charge in [0.2, 0.25) is 0 Å². The van der Waals surface area contributed by atoms with Crippen LogP contribution >= 0.6 is 27.5 Å². The Hall–Kier alpha value is -0.630. The van der Waals surface area contributed by atoms with Gasteiger partial charge in [0, 0.05) is 0 Å². The van der Waals surface area contributed by atoms with Crippen LogP contribution in [0.1, 0.15) is 12.1 Å². The zero-order valence-electron chi connectivity index (χ0n) is 7.16. The zero-order chi connectivity index (χ0) is 12.5. The molecule has 0 aliphatic heterocycles. The fourth-order valence-electron chi connectivity index (χ4n) is 0.809. The number of aromatic nitrogens is 1. The van der Waals surface area contributed by atoms with Crippen LogP contribution in [0.2, 0.25) is 5.02 Å². The van der Waals surface area contributed by atoms with Gasteiger partial charge in [0.15, 0.2) is 5.75 Å². The Morgan fingerprint density at radius 2 is 1.94 bits per heavy atom. The average Bonchev–Trinajstić information content (AvgIpc) is 2.09. The molecule has 0 atom stereocenters. The summed E-state index contributed by atoms with van der Waals surface area (Å²) in [5.74, 6) is -0.849. The van der Waals surface area contributed by atoms with Crippen molar-refractivity contribution in [3.63, 3.8) is 0 Å². The van der Waals surface area contributed by atoms with E-state index >= 15 is 0 Å². The summed E-state index contributed by atoms with van der Waals surface area (Å²) in [6.45, 7) is 0. The van der Waals surface area contributed by atoms with Gasteiger partial charge in [-0.25, -0.2) is 13.8 Å². The van der Waals surface area contributed by atoms with Crippen molar-refractivity contribution < 1.29 is 26.7 Å². The zero-order valence-corrected chi connectivity index (χ0v) is 9.50. The predicted octanol–water partition coefficient (Wildman–Crippen LogP) is 4.33. The van der Waals surface area contributed by atoms with Crippen molar-refractivity contribution in [2.45, 2.75) is 12.8 Å². The van der Waals surface area contributed by atoms with E-state index in [1.807, 2.05) is 0 Å². The van der Waals surface area contributed by atoms with Crippen LogP contribution in [-0.4, -0.2) is 11.3 Å². The van der Waals surface area contributed by atoms with E-state index in [9.17, 15) is 22.0 Å². The number of ether oxygens (including phenoxy) is 1. The second kappa shape index (κ2) is 4.70. The average molecular weight is 326 g/mol. The third-order valence-electron chi connectivity index (χ3n) is 1.35. The van der Waals surface area contributed by atoms with Gasteiger partial charge in [0.05, 0.1) is 5.02 Å². The molecular weight excluding hydrogens is 324 g/mol. The van der Waals surface area contributed by atoms with Gasteiger partial charge in [-0.2, -0.15) is 0 Å². The van der Waals surface area contributed by atoms with E-state index in [4.69, 9.17) is 11.6 Å². The second-order valence-electron chi connectivity index (χ2n) is 2.50.